The molecule has 0 heterocycles. The van der Waals surface area contributed by atoms with Crippen LogP contribution in [0.15, 0.2) is 94.7 Å². The van der Waals surface area contributed by atoms with Crippen molar-refractivity contribution in [3.63, 3.8) is 0 Å². The molecular weight excluding hydrogens is 592 g/mol. The largest absolute Gasteiger partial charge is 0.465 e. The summed E-state index contributed by atoms with van der Waals surface area (Å²) < 4.78 is 66.5. The molecule has 4 aromatic rings. The van der Waals surface area contributed by atoms with Gasteiger partial charge in [-0.3, -0.25) is 9.44 Å². The van der Waals surface area contributed by atoms with E-state index in [1.165, 1.54) is 62.8 Å². The molecule has 4 rings (SSSR count). The Hall–Kier alpha value is -4.68. The summed E-state index contributed by atoms with van der Waals surface area (Å²) in [5, 5.41) is 0. The first kappa shape index (κ1) is 31.3. The van der Waals surface area contributed by atoms with Gasteiger partial charge in [0.1, 0.15) is 0 Å². The molecule has 0 amide bonds. The first-order valence-electron chi connectivity index (χ1n) is 12.9. The highest BCUT2D eigenvalue weighted by atomic mass is 32.2. The van der Waals surface area contributed by atoms with Crippen molar-refractivity contribution in [3.05, 3.63) is 118 Å². The Labute approximate surface area is 250 Å². The van der Waals surface area contributed by atoms with E-state index in [9.17, 15) is 26.4 Å². The van der Waals surface area contributed by atoms with Gasteiger partial charge in [-0.25, -0.2) is 26.4 Å². The number of ether oxygens (including phenoxy) is 2. The predicted octanol–water partition coefficient (Wildman–Crippen LogP) is 5.07. The van der Waals surface area contributed by atoms with Gasteiger partial charge in [0.2, 0.25) is 0 Å². The van der Waals surface area contributed by atoms with Crippen LogP contribution in [0, 0.1) is 13.8 Å². The highest BCUT2D eigenvalue weighted by Crippen LogP contribution is 2.27. The summed E-state index contributed by atoms with van der Waals surface area (Å²) in [5.41, 5.74) is 3.04. The molecule has 0 radical (unpaired) electrons. The number of anilines is 2. The number of sulfonamides is 2. The lowest BCUT2D eigenvalue weighted by atomic mass is 9.99. The second-order valence-electron chi connectivity index (χ2n) is 9.76. The van der Waals surface area contributed by atoms with Gasteiger partial charge in [0.25, 0.3) is 20.0 Å². The van der Waals surface area contributed by atoms with E-state index in [2.05, 4.69) is 9.44 Å². The van der Waals surface area contributed by atoms with Crippen molar-refractivity contribution in [3.8, 4) is 0 Å². The summed E-state index contributed by atoms with van der Waals surface area (Å²) in [6.07, 6.45) is 0.212. The van der Waals surface area contributed by atoms with Crippen LogP contribution < -0.4 is 9.44 Å². The first-order chi connectivity index (χ1) is 20.3. The summed E-state index contributed by atoms with van der Waals surface area (Å²) in [6, 6.07) is 21.7. The molecule has 224 valence electrons. The van der Waals surface area contributed by atoms with Crippen LogP contribution >= 0.6 is 0 Å². The van der Waals surface area contributed by atoms with Crippen molar-refractivity contribution >= 4 is 43.4 Å². The third-order valence-electron chi connectivity index (χ3n) is 6.54. The molecule has 0 fully saturated rings. The number of carbonyl (C=O) groups excluding carboxylic acids is 2. The molecule has 2 N–H and O–H groups in total. The monoisotopic (exact) mass is 622 g/mol. The minimum atomic E-state index is -3.99. The molecule has 43 heavy (non-hydrogen) atoms. The normalized spacial score (nSPS) is 11.4. The van der Waals surface area contributed by atoms with Crippen LogP contribution in [0.2, 0.25) is 0 Å². The molecule has 0 saturated heterocycles. The standard InChI is InChI=1S/C31H30N2O8S2/c1-20-5-11-24(12-6-20)42(36,37)32-28-15-9-22(18-26(28)30(34)40-3)17-23-10-16-29(27(19-23)31(35)41-4)33-43(38,39)25-13-7-21(2)8-14-25/h5-16,18-19,32-33H,17H2,1-4H3. The average molecular weight is 623 g/mol. The van der Waals surface area contributed by atoms with E-state index in [1.54, 1.807) is 36.4 Å². The summed E-state index contributed by atoms with van der Waals surface area (Å²) in [7, 11) is -5.61. The quantitative estimate of drug-likeness (QED) is 0.233. The van der Waals surface area contributed by atoms with Crippen LogP contribution in [-0.4, -0.2) is 43.0 Å². The minimum Gasteiger partial charge on any atom is -0.465 e. The zero-order valence-corrected chi connectivity index (χ0v) is 25.5. The highest BCUT2D eigenvalue weighted by Gasteiger charge is 2.22. The molecule has 4 aromatic carbocycles. The van der Waals surface area contributed by atoms with Gasteiger partial charge < -0.3 is 9.47 Å². The Morgan fingerprint density at radius 3 is 1.26 bits per heavy atom. The van der Waals surface area contributed by atoms with Gasteiger partial charge in [-0.05, 0) is 79.9 Å². The van der Waals surface area contributed by atoms with Crippen LogP contribution in [0.5, 0.6) is 0 Å². The van der Waals surface area contributed by atoms with E-state index in [4.69, 9.17) is 9.47 Å². The van der Waals surface area contributed by atoms with Gasteiger partial charge in [-0.2, -0.15) is 0 Å². The Bertz CT molecular complexity index is 1750. The van der Waals surface area contributed by atoms with Crippen molar-refractivity contribution in [1.82, 2.24) is 0 Å². The van der Waals surface area contributed by atoms with E-state index in [0.717, 1.165) is 11.1 Å². The number of hydrogen-bond acceptors (Lipinski definition) is 8. The van der Waals surface area contributed by atoms with Crippen molar-refractivity contribution in [2.75, 3.05) is 23.7 Å². The Morgan fingerprint density at radius 1 is 0.581 bits per heavy atom. The molecule has 0 atom stereocenters. The van der Waals surface area contributed by atoms with E-state index < -0.39 is 32.0 Å². The lowest BCUT2D eigenvalue weighted by Crippen LogP contribution is -2.17. The Balaban J connectivity index is 1.64. The van der Waals surface area contributed by atoms with Crippen LogP contribution in [0.3, 0.4) is 0 Å². The fraction of sp³-hybridized carbons (Fsp3) is 0.161. The van der Waals surface area contributed by atoms with Crippen molar-refractivity contribution in [2.24, 2.45) is 0 Å². The smallest absolute Gasteiger partial charge is 0.340 e. The van der Waals surface area contributed by atoms with Gasteiger partial charge >= 0.3 is 11.9 Å². The van der Waals surface area contributed by atoms with Crippen LogP contribution in [0.25, 0.3) is 0 Å². The average Bonchev–Trinajstić information content (AvgIpc) is 2.98. The molecule has 0 unspecified atom stereocenters. The van der Waals surface area contributed by atoms with Crippen LogP contribution in [0.4, 0.5) is 11.4 Å². The van der Waals surface area contributed by atoms with Crippen molar-refractivity contribution < 1.29 is 35.9 Å². The highest BCUT2D eigenvalue weighted by molar-refractivity contribution is 7.93. The molecule has 0 saturated carbocycles. The van der Waals surface area contributed by atoms with Gasteiger partial charge in [0.15, 0.2) is 0 Å². The lowest BCUT2D eigenvalue weighted by molar-refractivity contribution is 0.0593. The SMILES string of the molecule is COC(=O)c1cc(Cc2ccc(NS(=O)(=O)c3ccc(C)cc3)c(C(=O)OC)c2)ccc1NS(=O)(=O)c1ccc(C)cc1. The maximum Gasteiger partial charge on any atom is 0.340 e. The first-order valence-corrected chi connectivity index (χ1v) is 15.9. The lowest BCUT2D eigenvalue weighted by Gasteiger charge is -2.15. The predicted molar refractivity (Wildman–Crippen MR) is 162 cm³/mol. The fourth-order valence-electron chi connectivity index (χ4n) is 4.22. The zero-order chi connectivity index (χ0) is 31.4. The molecule has 0 aliphatic carbocycles. The number of esters is 2. The van der Waals surface area contributed by atoms with Gasteiger partial charge in [0, 0.05) is 0 Å². The van der Waals surface area contributed by atoms with Gasteiger partial charge in [0.05, 0.1) is 46.5 Å². The van der Waals surface area contributed by atoms with Gasteiger partial charge in [-0.15, -0.1) is 0 Å². The number of nitrogens with one attached hydrogen (secondary N) is 2. The Morgan fingerprint density at radius 2 is 0.930 bits per heavy atom. The summed E-state index contributed by atoms with van der Waals surface area (Å²) in [6.45, 7) is 3.67. The van der Waals surface area contributed by atoms with E-state index >= 15 is 0 Å². The van der Waals surface area contributed by atoms with E-state index in [-0.39, 0.29) is 38.7 Å². The molecule has 0 aliphatic rings. The number of benzene rings is 4. The molecule has 0 bridgehead atoms. The van der Waals surface area contributed by atoms with Crippen molar-refractivity contribution in [2.45, 2.75) is 30.1 Å². The Kier molecular flexibility index (Phi) is 9.22. The third kappa shape index (κ3) is 7.40. The minimum absolute atomic E-state index is 0.00800. The number of hydrogen-bond donors (Lipinski definition) is 2. The second kappa shape index (κ2) is 12.7. The number of aryl methyl sites for hydroxylation is 2. The third-order valence-corrected chi connectivity index (χ3v) is 9.30. The molecule has 0 aromatic heterocycles. The van der Waals surface area contributed by atoms with Gasteiger partial charge in [-0.1, -0.05) is 47.5 Å². The number of rotatable bonds is 10. The molecule has 10 nitrogen and oxygen atoms in total. The molecule has 0 aliphatic heterocycles. The fourth-order valence-corrected chi connectivity index (χ4v) is 6.38. The van der Waals surface area contributed by atoms with E-state index in [1.807, 2.05) is 13.8 Å². The molecular formula is C31H30N2O8S2. The van der Waals surface area contributed by atoms with E-state index in [0.29, 0.717) is 11.1 Å². The summed E-state index contributed by atoms with van der Waals surface area (Å²) in [5.74, 6) is -1.50. The van der Waals surface area contributed by atoms with Crippen LogP contribution in [0.1, 0.15) is 43.0 Å². The van der Waals surface area contributed by atoms with Crippen LogP contribution in [-0.2, 0) is 35.9 Å². The maximum atomic E-state index is 13.0. The maximum absolute atomic E-state index is 13.0. The number of methoxy groups -OCH3 is 2. The van der Waals surface area contributed by atoms with Crippen molar-refractivity contribution in [1.29, 1.82) is 0 Å². The number of carbonyl (C=O) groups is 2. The molecule has 12 heteroatoms. The molecule has 0 spiro atoms. The second-order valence-corrected chi connectivity index (χ2v) is 13.1. The zero-order valence-electron chi connectivity index (χ0n) is 23.9. The summed E-state index contributed by atoms with van der Waals surface area (Å²) >= 11 is 0. The summed E-state index contributed by atoms with van der Waals surface area (Å²) in [4.78, 5) is 25.3. The topological polar surface area (TPSA) is 145 Å².